The first kappa shape index (κ1) is 14.6. The summed E-state index contributed by atoms with van der Waals surface area (Å²) in [6, 6.07) is 11.6. The molecule has 2 aromatic carbocycles. The van der Waals surface area contributed by atoms with Crippen LogP contribution in [0.25, 0.3) is 0 Å². The zero-order valence-electron chi connectivity index (χ0n) is 11.8. The fourth-order valence-electron chi connectivity index (χ4n) is 1.87. The van der Waals surface area contributed by atoms with Crippen LogP contribution < -0.4 is 15.2 Å². The molecule has 0 amide bonds. The third-order valence-electron chi connectivity index (χ3n) is 3.01. The quantitative estimate of drug-likeness (QED) is 0.391. The van der Waals surface area contributed by atoms with E-state index in [2.05, 4.69) is 0 Å². The number of esters is 1. The molecule has 0 saturated carbocycles. The first-order chi connectivity index (χ1) is 10.0. The minimum absolute atomic E-state index is 0.0290. The lowest BCUT2D eigenvalue weighted by Gasteiger charge is -2.08. The van der Waals surface area contributed by atoms with Crippen LogP contribution >= 0.6 is 0 Å². The van der Waals surface area contributed by atoms with E-state index in [0.29, 0.717) is 16.9 Å². The molecular weight excluding hydrogens is 268 g/mol. The molecule has 0 atom stereocenters. The van der Waals surface area contributed by atoms with Crippen LogP contribution in [-0.2, 0) is 0 Å². The zero-order chi connectivity index (χ0) is 15.4. The van der Waals surface area contributed by atoms with E-state index in [1.165, 1.54) is 0 Å². The van der Waals surface area contributed by atoms with E-state index in [1.54, 1.807) is 49.6 Å². The summed E-state index contributed by atoms with van der Waals surface area (Å²) in [6.45, 7) is 1.86. The van der Waals surface area contributed by atoms with E-state index in [0.717, 1.165) is 11.3 Å². The number of hydrogen-bond donors (Lipinski definition) is 2. The summed E-state index contributed by atoms with van der Waals surface area (Å²) in [4.78, 5) is 12.1. The molecule has 2 aromatic rings. The predicted molar refractivity (Wildman–Crippen MR) is 80.1 cm³/mol. The number of rotatable bonds is 4. The Morgan fingerprint density at radius 2 is 1.71 bits per heavy atom. The van der Waals surface area contributed by atoms with E-state index in [4.69, 9.17) is 20.6 Å². The molecule has 0 fully saturated rings. The monoisotopic (exact) mass is 284 g/mol. The molecule has 0 radical (unpaired) electrons. The molecule has 0 aliphatic carbocycles. The number of methoxy groups -OCH3 is 1. The van der Waals surface area contributed by atoms with E-state index in [9.17, 15) is 4.79 Å². The van der Waals surface area contributed by atoms with Crippen molar-refractivity contribution < 1.29 is 14.3 Å². The highest BCUT2D eigenvalue weighted by molar-refractivity contribution is 5.95. The van der Waals surface area contributed by atoms with Crippen molar-refractivity contribution in [3.63, 3.8) is 0 Å². The average Bonchev–Trinajstić information content (AvgIpc) is 2.47. The van der Waals surface area contributed by atoms with Gasteiger partial charge in [0.1, 0.15) is 17.3 Å². The van der Waals surface area contributed by atoms with Crippen molar-refractivity contribution in [2.45, 2.75) is 6.92 Å². The second-order valence-electron chi connectivity index (χ2n) is 4.51. The SMILES string of the molecule is COc1ccc(C(=O)Oc2ccc(C(=N)N)cc2)cc1C. The fourth-order valence-corrected chi connectivity index (χ4v) is 1.87. The number of nitrogen functional groups attached to an aromatic ring is 1. The van der Waals surface area contributed by atoms with Crippen LogP contribution in [0.3, 0.4) is 0 Å². The standard InChI is InChI=1S/C16H16N2O3/c1-10-9-12(5-8-14(10)20-2)16(19)21-13-6-3-11(4-7-13)15(17)18/h3-9H,1-2H3,(H3,17,18). The summed E-state index contributed by atoms with van der Waals surface area (Å²) in [5.74, 6) is 0.644. The molecule has 0 heterocycles. The lowest BCUT2D eigenvalue weighted by Crippen LogP contribution is -2.11. The summed E-state index contributed by atoms with van der Waals surface area (Å²) in [5, 5.41) is 7.30. The Balaban J connectivity index is 2.14. The van der Waals surface area contributed by atoms with Crippen molar-refractivity contribution in [3.8, 4) is 11.5 Å². The van der Waals surface area contributed by atoms with Crippen LogP contribution in [0.1, 0.15) is 21.5 Å². The number of nitrogens with one attached hydrogen (secondary N) is 1. The van der Waals surface area contributed by atoms with Crippen molar-refractivity contribution in [2.75, 3.05) is 7.11 Å². The van der Waals surface area contributed by atoms with Crippen LogP contribution in [0.2, 0.25) is 0 Å². The van der Waals surface area contributed by atoms with Gasteiger partial charge in [0.2, 0.25) is 0 Å². The number of nitrogens with two attached hydrogens (primary N) is 1. The Morgan fingerprint density at radius 1 is 1.10 bits per heavy atom. The normalized spacial score (nSPS) is 10.0. The highest BCUT2D eigenvalue weighted by atomic mass is 16.5. The molecule has 5 nitrogen and oxygen atoms in total. The Morgan fingerprint density at radius 3 is 2.24 bits per heavy atom. The third kappa shape index (κ3) is 3.39. The van der Waals surface area contributed by atoms with Crippen molar-refractivity contribution in [2.24, 2.45) is 5.73 Å². The Hall–Kier alpha value is -2.82. The summed E-state index contributed by atoms with van der Waals surface area (Å²) in [7, 11) is 1.58. The van der Waals surface area contributed by atoms with Gasteiger partial charge >= 0.3 is 5.97 Å². The van der Waals surface area contributed by atoms with Gasteiger partial charge in [0.15, 0.2) is 0 Å². The summed E-state index contributed by atoms with van der Waals surface area (Å²) >= 11 is 0. The highest BCUT2D eigenvalue weighted by Gasteiger charge is 2.10. The van der Waals surface area contributed by atoms with Crippen LogP contribution in [0, 0.1) is 12.3 Å². The molecular formula is C16H16N2O3. The van der Waals surface area contributed by atoms with Crippen molar-refractivity contribution >= 4 is 11.8 Å². The molecule has 0 aliphatic rings. The Bertz CT molecular complexity index is 678. The van der Waals surface area contributed by atoms with Gasteiger partial charge in [-0.1, -0.05) is 0 Å². The van der Waals surface area contributed by atoms with E-state index >= 15 is 0 Å². The van der Waals surface area contributed by atoms with Gasteiger partial charge in [0.05, 0.1) is 12.7 Å². The van der Waals surface area contributed by atoms with Crippen LogP contribution in [0.4, 0.5) is 0 Å². The minimum atomic E-state index is -0.448. The largest absolute Gasteiger partial charge is 0.496 e. The van der Waals surface area contributed by atoms with Crippen LogP contribution in [0.5, 0.6) is 11.5 Å². The lowest BCUT2D eigenvalue weighted by atomic mass is 10.1. The van der Waals surface area contributed by atoms with Crippen molar-refractivity contribution in [1.82, 2.24) is 0 Å². The van der Waals surface area contributed by atoms with Crippen molar-refractivity contribution in [1.29, 1.82) is 5.41 Å². The number of carbonyl (C=O) groups excluding carboxylic acids is 1. The number of aryl methyl sites for hydroxylation is 1. The third-order valence-corrected chi connectivity index (χ3v) is 3.01. The molecule has 5 heteroatoms. The molecule has 0 spiro atoms. The molecule has 0 aliphatic heterocycles. The van der Waals surface area contributed by atoms with Gasteiger partial charge < -0.3 is 15.2 Å². The number of carbonyl (C=O) groups is 1. The first-order valence-corrected chi connectivity index (χ1v) is 6.32. The molecule has 21 heavy (non-hydrogen) atoms. The molecule has 0 saturated heterocycles. The number of ether oxygens (including phenoxy) is 2. The maximum atomic E-state index is 12.1. The molecule has 108 valence electrons. The van der Waals surface area contributed by atoms with E-state index < -0.39 is 5.97 Å². The topological polar surface area (TPSA) is 85.4 Å². The lowest BCUT2D eigenvalue weighted by molar-refractivity contribution is 0.0734. The molecule has 0 unspecified atom stereocenters. The summed E-state index contributed by atoms with van der Waals surface area (Å²) < 4.78 is 10.4. The Labute approximate surface area is 122 Å². The smallest absolute Gasteiger partial charge is 0.343 e. The Kier molecular flexibility index (Phi) is 4.23. The number of hydrogen-bond acceptors (Lipinski definition) is 4. The molecule has 3 N–H and O–H groups in total. The summed E-state index contributed by atoms with van der Waals surface area (Å²) in [5.41, 5.74) is 7.25. The van der Waals surface area contributed by atoms with Gasteiger partial charge in [-0.15, -0.1) is 0 Å². The second-order valence-corrected chi connectivity index (χ2v) is 4.51. The van der Waals surface area contributed by atoms with Gasteiger partial charge in [-0.2, -0.15) is 0 Å². The van der Waals surface area contributed by atoms with Crippen LogP contribution in [0.15, 0.2) is 42.5 Å². The van der Waals surface area contributed by atoms with Gasteiger partial charge in [0.25, 0.3) is 0 Å². The van der Waals surface area contributed by atoms with Gasteiger partial charge in [0, 0.05) is 5.56 Å². The van der Waals surface area contributed by atoms with Gasteiger partial charge in [-0.05, 0) is 55.0 Å². The molecule has 0 aromatic heterocycles. The zero-order valence-corrected chi connectivity index (χ0v) is 11.8. The van der Waals surface area contributed by atoms with Gasteiger partial charge in [-0.25, -0.2) is 4.79 Å². The van der Waals surface area contributed by atoms with E-state index in [1.807, 2.05) is 6.92 Å². The second kappa shape index (κ2) is 6.09. The first-order valence-electron chi connectivity index (χ1n) is 6.32. The van der Waals surface area contributed by atoms with Gasteiger partial charge in [-0.3, -0.25) is 5.41 Å². The predicted octanol–water partition coefficient (Wildman–Crippen LogP) is 2.51. The number of benzene rings is 2. The average molecular weight is 284 g/mol. The maximum Gasteiger partial charge on any atom is 0.343 e. The molecule has 0 bridgehead atoms. The van der Waals surface area contributed by atoms with Crippen LogP contribution in [-0.4, -0.2) is 18.9 Å². The maximum absolute atomic E-state index is 12.1. The summed E-state index contributed by atoms with van der Waals surface area (Å²) in [6.07, 6.45) is 0. The number of amidine groups is 1. The minimum Gasteiger partial charge on any atom is -0.496 e. The van der Waals surface area contributed by atoms with Crippen molar-refractivity contribution in [3.05, 3.63) is 59.2 Å². The molecule has 2 rings (SSSR count). The highest BCUT2D eigenvalue weighted by Crippen LogP contribution is 2.20. The van der Waals surface area contributed by atoms with E-state index in [-0.39, 0.29) is 5.84 Å². The fraction of sp³-hybridized carbons (Fsp3) is 0.125.